The topological polar surface area (TPSA) is 101 Å². The molecule has 7 heteroatoms. The zero-order valence-corrected chi connectivity index (χ0v) is 13.5. The van der Waals surface area contributed by atoms with Gasteiger partial charge in [-0.25, -0.2) is 0 Å². The van der Waals surface area contributed by atoms with Crippen LogP contribution in [0.1, 0.15) is 38.2 Å². The molecule has 0 heterocycles. The molecule has 2 atom stereocenters. The molecule has 6 nitrogen and oxygen atoms in total. The summed E-state index contributed by atoms with van der Waals surface area (Å²) in [5, 5.41) is 8.65. The highest BCUT2D eigenvalue weighted by Gasteiger charge is 2.21. The summed E-state index contributed by atoms with van der Waals surface area (Å²) in [6.45, 7) is 3.53. The average molecular weight is 330 g/mol. The largest absolute Gasteiger partial charge is 0.463 e. The van der Waals surface area contributed by atoms with Crippen LogP contribution in [-0.2, 0) is 19.6 Å². The van der Waals surface area contributed by atoms with Gasteiger partial charge in [-0.3, -0.25) is 9.35 Å². The lowest BCUT2D eigenvalue weighted by Gasteiger charge is -2.19. The van der Waals surface area contributed by atoms with Crippen molar-refractivity contribution in [3.63, 3.8) is 0 Å². The van der Waals surface area contributed by atoms with Gasteiger partial charge in [-0.15, -0.1) is 0 Å². The zero-order chi connectivity index (χ0) is 16.8. The van der Waals surface area contributed by atoms with E-state index in [-0.39, 0.29) is 35.9 Å². The van der Waals surface area contributed by atoms with Crippen molar-refractivity contribution in [2.75, 3.05) is 13.2 Å². The number of ether oxygens (including phenoxy) is 1. The van der Waals surface area contributed by atoms with Crippen molar-refractivity contribution in [2.24, 2.45) is 5.92 Å². The molecule has 0 spiro atoms. The Morgan fingerprint density at radius 2 is 1.86 bits per heavy atom. The van der Waals surface area contributed by atoms with Crippen LogP contribution in [0.15, 0.2) is 29.2 Å². The highest BCUT2D eigenvalue weighted by Crippen LogP contribution is 2.28. The number of rotatable bonds is 8. The predicted octanol–water partition coefficient (Wildman–Crippen LogP) is 1.99. The Labute approximate surface area is 130 Å². The standard InChI is InChI=1S/C15H22O6S/c1-3-12(10-11(2)15(17)21-9-8-16)13-4-6-14(7-5-13)22(18,19)20/h4-7,11-12,16H,3,8-10H2,1-2H3,(H,18,19,20). The molecular formula is C15H22O6S. The lowest BCUT2D eigenvalue weighted by atomic mass is 9.88. The fourth-order valence-corrected chi connectivity index (χ4v) is 2.74. The van der Waals surface area contributed by atoms with Gasteiger partial charge in [0.1, 0.15) is 6.61 Å². The molecule has 0 aliphatic heterocycles. The van der Waals surface area contributed by atoms with Crippen LogP contribution in [0.5, 0.6) is 0 Å². The molecule has 2 N–H and O–H groups in total. The maximum absolute atomic E-state index is 11.7. The molecule has 0 aromatic heterocycles. The molecule has 0 saturated carbocycles. The normalized spacial score (nSPS) is 14.4. The van der Waals surface area contributed by atoms with Crippen LogP contribution in [0, 0.1) is 5.92 Å². The first kappa shape index (κ1) is 18.6. The maximum Gasteiger partial charge on any atom is 0.308 e. The van der Waals surface area contributed by atoms with E-state index >= 15 is 0 Å². The van der Waals surface area contributed by atoms with E-state index in [2.05, 4.69) is 0 Å². The van der Waals surface area contributed by atoms with Crippen LogP contribution in [-0.4, -0.2) is 37.3 Å². The zero-order valence-electron chi connectivity index (χ0n) is 12.7. The van der Waals surface area contributed by atoms with Gasteiger partial charge in [0.2, 0.25) is 0 Å². The number of aliphatic hydroxyl groups excluding tert-OH is 1. The minimum atomic E-state index is -4.20. The molecule has 22 heavy (non-hydrogen) atoms. The van der Waals surface area contributed by atoms with Gasteiger partial charge in [0.15, 0.2) is 0 Å². The third kappa shape index (κ3) is 5.40. The minimum Gasteiger partial charge on any atom is -0.463 e. The lowest BCUT2D eigenvalue weighted by molar-refractivity contribution is -0.149. The fourth-order valence-electron chi connectivity index (χ4n) is 2.26. The molecule has 1 rings (SSSR count). The van der Waals surface area contributed by atoms with Gasteiger partial charge >= 0.3 is 5.97 Å². The highest BCUT2D eigenvalue weighted by atomic mass is 32.2. The molecule has 0 aliphatic rings. The van der Waals surface area contributed by atoms with E-state index in [4.69, 9.17) is 14.4 Å². The first-order valence-corrected chi connectivity index (χ1v) is 8.58. The third-order valence-corrected chi connectivity index (χ3v) is 4.39. The summed E-state index contributed by atoms with van der Waals surface area (Å²) in [6.07, 6.45) is 1.34. The second-order valence-corrected chi connectivity index (χ2v) is 6.60. The molecule has 0 saturated heterocycles. The summed E-state index contributed by atoms with van der Waals surface area (Å²) in [4.78, 5) is 11.6. The van der Waals surface area contributed by atoms with Crippen molar-refractivity contribution in [1.82, 2.24) is 0 Å². The van der Waals surface area contributed by atoms with Gasteiger partial charge in [-0.2, -0.15) is 8.42 Å². The van der Waals surface area contributed by atoms with Crippen molar-refractivity contribution >= 4 is 16.1 Å². The van der Waals surface area contributed by atoms with E-state index in [0.717, 1.165) is 12.0 Å². The Kier molecular flexibility index (Phi) is 6.99. The number of aliphatic hydroxyl groups is 1. The van der Waals surface area contributed by atoms with Crippen LogP contribution >= 0.6 is 0 Å². The van der Waals surface area contributed by atoms with Gasteiger partial charge in [-0.1, -0.05) is 26.0 Å². The molecular weight excluding hydrogens is 308 g/mol. The van der Waals surface area contributed by atoms with Crippen molar-refractivity contribution < 1.29 is 27.6 Å². The summed E-state index contributed by atoms with van der Waals surface area (Å²) in [6, 6.07) is 5.98. The average Bonchev–Trinajstić information content (AvgIpc) is 2.49. The van der Waals surface area contributed by atoms with Crippen LogP contribution in [0.2, 0.25) is 0 Å². The Balaban J connectivity index is 2.77. The number of esters is 1. The molecule has 0 aliphatic carbocycles. The van der Waals surface area contributed by atoms with Crippen molar-refractivity contribution in [2.45, 2.75) is 37.5 Å². The maximum atomic E-state index is 11.7. The van der Waals surface area contributed by atoms with Crippen LogP contribution in [0.3, 0.4) is 0 Å². The summed E-state index contributed by atoms with van der Waals surface area (Å²) in [7, 11) is -4.20. The monoisotopic (exact) mass is 330 g/mol. The summed E-state index contributed by atoms with van der Waals surface area (Å²) in [5.41, 5.74) is 0.900. The first-order valence-electron chi connectivity index (χ1n) is 7.14. The number of carbonyl (C=O) groups is 1. The van der Waals surface area contributed by atoms with Gasteiger partial charge in [0.05, 0.1) is 17.4 Å². The highest BCUT2D eigenvalue weighted by molar-refractivity contribution is 7.85. The summed E-state index contributed by atoms with van der Waals surface area (Å²) >= 11 is 0. The number of hydrogen-bond donors (Lipinski definition) is 2. The molecule has 1 aromatic rings. The molecule has 0 amide bonds. The second-order valence-electron chi connectivity index (χ2n) is 5.18. The smallest absolute Gasteiger partial charge is 0.308 e. The van der Waals surface area contributed by atoms with E-state index in [1.165, 1.54) is 12.1 Å². The number of hydrogen-bond acceptors (Lipinski definition) is 5. The van der Waals surface area contributed by atoms with Gasteiger partial charge in [-0.05, 0) is 36.5 Å². The van der Waals surface area contributed by atoms with Gasteiger partial charge in [0, 0.05) is 0 Å². The Morgan fingerprint density at radius 3 is 2.32 bits per heavy atom. The van der Waals surface area contributed by atoms with Crippen molar-refractivity contribution in [1.29, 1.82) is 0 Å². The van der Waals surface area contributed by atoms with Gasteiger partial charge in [0.25, 0.3) is 10.1 Å². The first-order chi connectivity index (χ1) is 10.3. The predicted molar refractivity (Wildman–Crippen MR) is 81.1 cm³/mol. The van der Waals surface area contributed by atoms with E-state index in [1.807, 2.05) is 6.92 Å². The van der Waals surface area contributed by atoms with Crippen LogP contribution < -0.4 is 0 Å². The lowest BCUT2D eigenvalue weighted by Crippen LogP contribution is -2.19. The SMILES string of the molecule is CCC(CC(C)C(=O)OCCO)c1ccc(S(=O)(=O)O)cc1. The van der Waals surface area contributed by atoms with Crippen molar-refractivity contribution in [3.8, 4) is 0 Å². The van der Waals surface area contributed by atoms with Crippen LogP contribution in [0.4, 0.5) is 0 Å². The van der Waals surface area contributed by atoms with Crippen molar-refractivity contribution in [3.05, 3.63) is 29.8 Å². The van der Waals surface area contributed by atoms with E-state index < -0.39 is 10.1 Å². The quantitative estimate of drug-likeness (QED) is 0.558. The van der Waals surface area contributed by atoms with Crippen LogP contribution in [0.25, 0.3) is 0 Å². The number of carbonyl (C=O) groups excluding carboxylic acids is 1. The molecule has 1 aromatic carbocycles. The van der Waals surface area contributed by atoms with E-state index in [1.54, 1.807) is 19.1 Å². The summed E-state index contributed by atoms with van der Waals surface area (Å²) < 4.78 is 35.9. The molecule has 2 unspecified atom stereocenters. The molecule has 124 valence electrons. The third-order valence-electron chi connectivity index (χ3n) is 3.52. The minimum absolute atomic E-state index is 0.0109. The van der Waals surface area contributed by atoms with E-state index in [0.29, 0.717) is 6.42 Å². The second kappa shape index (κ2) is 8.26. The Bertz CT molecular complexity index is 579. The Hall–Kier alpha value is -1.44. The van der Waals surface area contributed by atoms with E-state index in [9.17, 15) is 13.2 Å². The number of benzene rings is 1. The summed E-state index contributed by atoms with van der Waals surface area (Å²) in [5.74, 6) is -0.605. The Morgan fingerprint density at radius 1 is 1.27 bits per heavy atom. The van der Waals surface area contributed by atoms with Gasteiger partial charge < -0.3 is 9.84 Å². The molecule has 0 bridgehead atoms. The molecule has 0 fully saturated rings. The fraction of sp³-hybridized carbons (Fsp3) is 0.533. The molecule has 0 radical (unpaired) electrons.